The molecule has 0 unspecified atom stereocenters. The van der Waals surface area contributed by atoms with Crippen LogP contribution in [0.15, 0.2) is 55.3 Å². The number of esters is 1. The first-order valence-corrected chi connectivity index (χ1v) is 16.2. The zero-order valence-electron chi connectivity index (χ0n) is 26.3. The summed E-state index contributed by atoms with van der Waals surface area (Å²) in [5.74, 6) is -1.58. The van der Waals surface area contributed by atoms with Crippen molar-refractivity contribution in [2.75, 3.05) is 31.7 Å². The number of hydrogen-bond donors (Lipinski definition) is 1. The van der Waals surface area contributed by atoms with E-state index in [9.17, 15) is 14.4 Å². The predicted octanol–water partition coefficient (Wildman–Crippen LogP) is 6.08. The Morgan fingerprint density at radius 2 is 1.87 bits per heavy atom. The van der Waals surface area contributed by atoms with E-state index in [1.165, 1.54) is 6.07 Å². The molecule has 1 saturated heterocycles. The molecule has 2 atom stereocenters. The predicted molar refractivity (Wildman–Crippen MR) is 174 cm³/mol. The molecule has 2 aromatic carbocycles. The van der Waals surface area contributed by atoms with Gasteiger partial charge in [-0.25, -0.2) is 4.39 Å². The quantitative estimate of drug-likeness (QED) is 0.188. The molecule has 0 bridgehead atoms. The average molecular weight is 654 g/mol. The van der Waals surface area contributed by atoms with Gasteiger partial charge in [0.05, 0.1) is 66.7 Å². The second kappa shape index (κ2) is 15.2. The van der Waals surface area contributed by atoms with Gasteiger partial charge >= 0.3 is 5.97 Å². The van der Waals surface area contributed by atoms with Crippen molar-refractivity contribution in [2.45, 2.75) is 63.7 Å². The molecule has 1 N–H and O–H groups in total. The number of nitrogens with one attached hydrogen (secondary N) is 1. The number of carbonyl (C=O) groups is 3. The number of benzene rings is 2. The molecule has 3 aromatic rings. The SMILES string of the molecule is C=CCO[C@H]1C[C@@H](CO[C@H]2CC[C@H](C(=O)OCC)CC2)N(C(=O)Cc2cc(Cl)c(NC(=O)c3cn(C)c4ccccc34)cc2F)C1. The smallest absolute Gasteiger partial charge is 0.308 e. The van der Waals surface area contributed by atoms with E-state index in [4.69, 9.17) is 25.8 Å². The molecule has 0 radical (unpaired) electrons. The minimum absolute atomic E-state index is 0.0105. The van der Waals surface area contributed by atoms with Gasteiger partial charge in [-0.05, 0) is 62.8 Å². The highest BCUT2D eigenvalue weighted by Gasteiger charge is 2.37. The maximum absolute atomic E-state index is 15.4. The lowest BCUT2D eigenvalue weighted by Gasteiger charge is -2.30. The maximum atomic E-state index is 15.4. The monoisotopic (exact) mass is 653 g/mol. The Hall–Kier alpha value is -3.73. The van der Waals surface area contributed by atoms with E-state index in [0.717, 1.165) is 29.8 Å². The highest BCUT2D eigenvalue weighted by molar-refractivity contribution is 6.34. The minimum atomic E-state index is -0.643. The first-order valence-electron chi connectivity index (χ1n) is 15.8. The third kappa shape index (κ3) is 7.79. The number of amides is 2. The summed E-state index contributed by atoms with van der Waals surface area (Å²) in [5, 5.41) is 3.62. The molecule has 2 aliphatic rings. The summed E-state index contributed by atoms with van der Waals surface area (Å²) in [4.78, 5) is 40.5. The van der Waals surface area contributed by atoms with Crippen LogP contribution in [0.1, 0.15) is 54.9 Å². The van der Waals surface area contributed by atoms with Crippen molar-refractivity contribution in [3.63, 3.8) is 0 Å². The van der Waals surface area contributed by atoms with Gasteiger partial charge in [0.25, 0.3) is 5.91 Å². The fraction of sp³-hybridized carbons (Fsp3) is 0.457. The Kier molecular flexibility index (Phi) is 11.1. The van der Waals surface area contributed by atoms with Gasteiger partial charge in [0, 0.05) is 30.7 Å². The van der Waals surface area contributed by atoms with E-state index in [0.29, 0.717) is 51.2 Å². The molecule has 46 heavy (non-hydrogen) atoms. The van der Waals surface area contributed by atoms with Crippen LogP contribution in [0, 0.1) is 11.7 Å². The molecular weight excluding hydrogens is 613 g/mol. The Morgan fingerprint density at radius 1 is 1.11 bits per heavy atom. The number of anilines is 1. The summed E-state index contributed by atoms with van der Waals surface area (Å²) in [6, 6.07) is 9.80. The van der Waals surface area contributed by atoms with Crippen LogP contribution < -0.4 is 5.32 Å². The largest absolute Gasteiger partial charge is 0.466 e. The topological polar surface area (TPSA) is 99.1 Å². The van der Waals surface area contributed by atoms with Gasteiger partial charge < -0.3 is 29.0 Å². The molecule has 1 aliphatic heterocycles. The summed E-state index contributed by atoms with van der Waals surface area (Å²) in [7, 11) is 1.85. The molecule has 246 valence electrons. The summed E-state index contributed by atoms with van der Waals surface area (Å²) in [5.41, 5.74) is 1.58. The zero-order chi connectivity index (χ0) is 32.8. The van der Waals surface area contributed by atoms with Crippen molar-refractivity contribution in [1.29, 1.82) is 0 Å². The number of rotatable bonds is 12. The van der Waals surface area contributed by atoms with Gasteiger partial charge in [-0.3, -0.25) is 14.4 Å². The van der Waals surface area contributed by atoms with E-state index >= 15 is 4.39 Å². The van der Waals surface area contributed by atoms with Crippen LogP contribution in [0.3, 0.4) is 0 Å². The van der Waals surface area contributed by atoms with Crippen molar-refractivity contribution >= 4 is 46.0 Å². The van der Waals surface area contributed by atoms with Crippen LogP contribution in [0.5, 0.6) is 0 Å². The van der Waals surface area contributed by atoms with Crippen LogP contribution in [-0.2, 0) is 37.3 Å². The van der Waals surface area contributed by atoms with Crippen LogP contribution in [-0.4, -0.2) is 71.9 Å². The molecule has 1 aliphatic carbocycles. The second-order valence-corrected chi connectivity index (χ2v) is 12.4. The molecule has 2 heterocycles. The highest BCUT2D eigenvalue weighted by atomic mass is 35.5. The molecular formula is C35H41ClFN3O6. The van der Waals surface area contributed by atoms with Crippen LogP contribution in [0.2, 0.25) is 5.02 Å². The lowest BCUT2D eigenvalue weighted by Crippen LogP contribution is -2.40. The molecule has 1 aromatic heterocycles. The zero-order valence-corrected chi connectivity index (χ0v) is 27.1. The summed E-state index contributed by atoms with van der Waals surface area (Å²) < 4.78 is 34.5. The lowest BCUT2D eigenvalue weighted by molar-refractivity contribution is -0.150. The number of carbonyl (C=O) groups excluding carboxylic acids is 3. The van der Waals surface area contributed by atoms with Crippen LogP contribution in [0.25, 0.3) is 10.9 Å². The number of ether oxygens (including phenoxy) is 3. The second-order valence-electron chi connectivity index (χ2n) is 12.0. The number of aryl methyl sites for hydroxylation is 1. The van der Waals surface area contributed by atoms with E-state index in [-0.39, 0.29) is 58.7 Å². The van der Waals surface area contributed by atoms with E-state index < -0.39 is 11.7 Å². The van der Waals surface area contributed by atoms with Gasteiger partial charge in [-0.15, -0.1) is 6.58 Å². The Balaban J connectivity index is 1.22. The van der Waals surface area contributed by atoms with Crippen molar-refractivity contribution in [1.82, 2.24) is 9.47 Å². The number of halogens is 2. The third-order valence-corrected chi connectivity index (χ3v) is 9.14. The molecule has 1 saturated carbocycles. The van der Waals surface area contributed by atoms with Crippen molar-refractivity contribution in [2.24, 2.45) is 13.0 Å². The number of likely N-dealkylation sites (tertiary alicyclic amines) is 1. The Morgan fingerprint density at radius 3 is 2.61 bits per heavy atom. The fourth-order valence-electron chi connectivity index (χ4n) is 6.43. The normalized spacial score (nSPS) is 21.3. The van der Waals surface area contributed by atoms with Gasteiger partial charge in [0.2, 0.25) is 5.91 Å². The first kappa shape index (κ1) is 33.6. The van der Waals surface area contributed by atoms with E-state index in [2.05, 4.69) is 11.9 Å². The summed E-state index contributed by atoms with van der Waals surface area (Å²) in [6.07, 6.45) is 6.45. The van der Waals surface area contributed by atoms with Crippen molar-refractivity contribution < 1.29 is 33.0 Å². The maximum Gasteiger partial charge on any atom is 0.308 e. The summed E-state index contributed by atoms with van der Waals surface area (Å²) in [6.45, 7) is 6.91. The van der Waals surface area contributed by atoms with Gasteiger partial charge in [0.1, 0.15) is 5.82 Å². The standard InChI is InChI=1S/C35H41ClFN3O6/c1-4-14-45-26-17-24(21-46-25-12-10-22(11-13-25)35(43)44-5-2)40(19-26)33(41)16-23-15-29(36)31(18-30(23)37)38-34(42)28-20-39(3)32-9-7-6-8-27(28)32/h4,6-9,15,18,20,22,24-26H,1,5,10-14,16-17,19,21H2,2-3H3,(H,38,42)/t22-,24-,25-,26-/m0/s1. The van der Waals surface area contributed by atoms with E-state index in [1.807, 2.05) is 35.9 Å². The molecule has 9 nitrogen and oxygen atoms in total. The Labute approximate surface area is 273 Å². The molecule has 2 amide bonds. The number of hydrogen-bond acceptors (Lipinski definition) is 6. The van der Waals surface area contributed by atoms with Crippen molar-refractivity contribution in [3.05, 3.63) is 77.2 Å². The first-order chi connectivity index (χ1) is 22.2. The van der Waals surface area contributed by atoms with Crippen LogP contribution in [0.4, 0.5) is 10.1 Å². The fourth-order valence-corrected chi connectivity index (χ4v) is 6.66. The Bertz CT molecular complexity index is 1580. The average Bonchev–Trinajstić information content (AvgIpc) is 3.62. The molecule has 11 heteroatoms. The number of nitrogens with zero attached hydrogens (tertiary/aromatic N) is 2. The molecule has 2 fully saturated rings. The van der Waals surface area contributed by atoms with Gasteiger partial charge in [-0.2, -0.15) is 0 Å². The molecule has 5 rings (SSSR count). The highest BCUT2D eigenvalue weighted by Crippen LogP contribution is 2.31. The van der Waals surface area contributed by atoms with E-state index in [1.54, 1.807) is 24.1 Å². The number of para-hydroxylation sites is 1. The number of aromatic nitrogens is 1. The van der Waals surface area contributed by atoms with Crippen LogP contribution >= 0.6 is 11.6 Å². The number of fused-ring (bicyclic) bond motifs is 1. The van der Waals surface area contributed by atoms with Crippen molar-refractivity contribution in [3.8, 4) is 0 Å². The lowest BCUT2D eigenvalue weighted by atomic mass is 9.87. The summed E-state index contributed by atoms with van der Waals surface area (Å²) >= 11 is 6.50. The minimum Gasteiger partial charge on any atom is -0.466 e. The van der Waals surface area contributed by atoms with Gasteiger partial charge in [0.15, 0.2) is 0 Å². The third-order valence-electron chi connectivity index (χ3n) is 8.83. The molecule has 0 spiro atoms. The van der Waals surface area contributed by atoms with Gasteiger partial charge in [-0.1, -0.05) is 35.9 Å².